The molecular weight excluding hydrogens is 249 g/mol. The van der Waals surface area contributed by atoms with Gasteiger partial charge in [0.1, 0.15) is 0 Å². The lowest BCUT2D eigenvalue weighted by molar-refractivity contribution is -0.192. The lowest BCUT2D eigenvalue weighted by Gasteiger charge is -1.93. The van der Waals surface area contributed by atoms with Crippen LogP contribution in [-0.4, -0.2) is 29.0 Å². The summed E-state index contributed by atoms with van der Waals surface area (Å²) in [6, 6.07) is 0. The van der Waals surface area contributed by atoms with Crippen LogP contribution in [0.1, 0.15) is 59.3 Å². The van der Waals surface area contributed by atoms with Crippen molar-refractivity contribution in [2.24, 2.45) is 0 Å². The first kappa shape index (κ1) is 22.4. The van der Waals surface area contributed by atoms with E-state index < -0.39 is 12.1 Å². The lowest BCUT2D eigenvalue weighted by Crippen LogP contribution is -2.21. The summed E-state index contributed by atoms with van der Waals surface area (Å²) in [7, 11) is 0. The van der Waals surface area contributed by atoms with Gasteiger partial charge in [-0.25, -0.2) is 4.79 Å². The van der Waals surface area contributed by atoms with Crippen molar-refractivity contribution < 1.29 is 28.2 Å². The van der Waals surface area contributed by atoms with Crippen LogP contribution in [0, 0.1) is 0 Å². The minimum Gasteiger partial charge on any atom is -0.475 e. The second-order valence-corrected chi connectivity index (χ2v) is 3.59. The molecule has 0 saturated carbocycles. The van der Waals surface area contributed by atoms with Crippen LogP contribution in [0.5, 0.6) is 0 Å². The molecule has 6 heteroatoms. The molecule has 3 nitrogen and oxygen atoms in total. The number of carboxylic acids is 1. The molecule has 0 aromatic heterocycles. The first-order chi connectivity index (χ1) is 8.27. The lowest BCUT2D eigenvalue weighted by atomic mass is 10.2. The van der Waals surface area contributed by atoms with E-state index in [1.54, 1.807) is 0 Å². The fraction of sp³-hybridized carbons (Fsp3) is 0.917. The molecule has 0 aromatic rings. The summed E-state index contributed by atoms with van der Waals surface area (Å²) < 4.78 is 31.7. The van der Waals surface area contributed by atoms with Gasteiger partial charge in [-0.15, -0.1) is 0 Å². The van der Waals surface area contributed by atoms with Gasteiger partial charge in [-0.05, 0) is 6.42 Å². The number of carboxylic acid groups (broad SMARTS) is 1. The van der Waals surface area contributed by atoms with Crippen molar-refractivity contribution in [2.75, 3.05) is 6.61 Å². The molecule has 0 amide bonds. The van der Waals surface area contributed by atoms with Gasteiger partial charge in [-0.3, -0.25) is 0 Å². The number of aliphatic carboxylic acids is 1. The second kappa shape index (κ2) is 16.2. The Kier molecular flexibility index (Phi) is 20.2. The molecule has 0 saturated heterocycles. The number of hydrogen-bond acceptors (Lipinski definition) is 2. The molecular formula is C12H25F3O3. The molecule has 112 valence electrons. The van der Waals surface area contributed by atoms with Crippen LogP contribution in [0.25, 0.3) is 0 Å². The zero-order valence-corrected chi connectivity index (χ0v) is 11.4. The Morgan fingerprint density at radius 1 is 0.944 bits per heavy atom. The van der Waals surface area contributed by atoms with E-state index in [-0.39, 0.29) is 0 Å². The van der Waals surface area contributed by atoms with Crippen LogP contribution in [0.3, 0.4) is 0 Å². The van der Waals surface area contributed by atoms with E-state index in [2.05, 4.69) is 20.8 Å². The van der Waals surface area contributed by atoms with E-state index in [9.17, 15) is 13.2 Å². The van der Waals surface area contributed by atoms with E-state index >= 15 is 0 Å². The zero-order chi connectivity index (χ0) is 15.0. The maximum absolute atomic E-state index is 10.6. The van der Waals surface area contributed by atoms with Gasteiger partial charge < -0.3 is 10.2 Å². The average molecular weight is 274 g/mol. The summed E-state index contributed by atoms with van der Waals surface area (Å²) in [4.78, 5) is 8.90. The van der Waals surface area contributed by atoms with Crippen LogP contribution in [0.15, 0.2) is 0 Å². The topological polar surface area (TPSA) is 57.5 Å². The third-order valence-electron chi connectivity index (χ3n) is 1.71. The molecule has 0 aromatic carbocycles. The first-order valence-electron chi connectivity index (χ1n) is 6.18. The molecule has 0 spiro atoms. The minimum absolute atomic E-state index is 0.344. The van der Waals surface area contributed by atoms with Gasteiger partial charge in [0.15, 0.2) is 0 Å². The number of carbonyl (C=O) groups is 1. The maximum Gasteiger partial charge on any atom is 0.490 e. The summed E-state index contributed by atoms with van der Waals surface area (Å²) in [5, 5.41) is 15.2. The van der Waals surface area contributed by atoms with Crippen LogP contribution < -0.4 is 0 Å². The molecule has 0 aliphatic rings. The van der Waals surface area contributed by atoms with Crippen molar-refractivity contribution in [2.45, 2.75) is 65.5 Å². The van der Waals surface area contributed by atoms with Crippen LogP contribution >= 0.6 is 0 Å². The molecule has 0 radical (unpaired) electrons. The van der Waals surface area contributed by atoms with Gasteiger partial charge in [0.25, 0.3) is 0 Å². The molecule has 0 aliphatic carbocycles. The molecule has 0 unspecified atom stereocenters. The van der Waals surface area contributed by atoms with Crippen LogP contribution in [-0.2, 0) is 4.79 Å². The van der Waals surface area contributed by atoms with Crippen molar-refractivity contribution >= 4 is 5.97 Å². The Hall–Kier alpha value is -0.780. The van der Waals surface area contributed by atoms with Crippen molar-refractivity contribution in [3.05, 3.63) is 0 Å². The number of hydrogen-bond donors (Lipinski definition) is 2. The Bertz CT molecular complexity index is 164. The number of halogens is 3. The fourth-order valence-electron chi connectivity index (χ4n) is 0.658. The number of alkyl halides is 3. The average Bonchev–Trinajstić information content (AvgIpc) is 2.28. The highest BCUT2D eigenvalue weighted by Gasteiger charge is 2.38. The molecule has 0 rings (SSSR count). The summed E-state index contributed by atoms with van der Waals surface area (Å²) in [6.07, 6.45) is 2.49. The molecule has 0 heterocycles. The normalized spacial score (nSPS) is 9.72. The molecule has 0 atom stereocenters. The standard InChI is InChI=1S/C6H14.C4H10O.C2HF3O2/c1-3-5-6-4-2;1-2-3-4-5;3-2(4,5)1(6)7/h3-6H2,1-2H3;5H,2-4H2,1H3;(H,6,7). The predicted molar refractivity (Wildman–Crippen MR) is 65.5 cm³/mol. The van der Waals surface area contributed by atoms with Crippen molar-refractivity contribution in [3.8, 4) is 0 Å². The Labute approximate surface area is 107 Å². The Morgan fingerprint density at radius 2 is 1.22 bits per heavy atom. The van der Waals surface area contributed by atoms with Gasteiger partial charge >= 0.3 is 12.1 Å². The summed E-state index contributed by atoms with van der Waals surface area (Å²) >= 11 is 0. The molecule has 18 heavy (non-hydrogen) atoms. The van der Waals surface area contributed by atoms with Crippen molar-refractivity contribution in [3.63, 3.8) is 0 Å². The SMILES string of the molecule is CCCCCC.CCCCO.O=C(O)C(F)(F)F. The number of rotatable bonds is 5. The zero-order valence-electron chi connectivity index (χ0n) is 11.4. The smallest absolute Gasteiger partial charge is 0.475 e. The second-order valence-electron chi connectivity index (χ2n) is 3.59. The molecule has 0 fully saturated rings. The van der Waals surface area contributed by atoms with E-state index in [4.69, 9.17) is 15.0 Å². The van der Waals surface area contributed by atoms with Gasteiger partial charge in [-0.1, -0.05) is 52.9 Å². The first-order valence-corrected chi connectivity index (χ1v) is 6.18. The number of aliphatic hydroxyl groups excluding tert-OH is 1. The predicted octanol–water partition coefficient (Wildman–Crippen LogP) is 4.00. The summed E-state index contributed by atoms with van der Waals surface area (Å²) in [6.45, 7) is 6.86. The summed E-state index contributed by atoms with van der Waals surface area (Å²) in [5.41, 5.74) is 0. The maximum atomic E-state index is 10.6. The Balaban J connectivity index is -0.000000190. The van der Waals surface area contributed by atoms with Gasteiger partial charge in [-0.2, -0.15) is 13.2 Å². The molecule has 0 bridgehead atoms. The quantitative estimate of drug-likeness (QED) is 0.745. The van der Waals surface area contributed by atoms with Crippen LogP contribution in [0.2, 0.25) is 0 Å². The molecule has 2 N–H and O–H groups in total. The van der Waals surface area contributed by atoms with Crippen molar-refractivity contribution in [1.82, 2.24) is 0 Å². The summed E-state index contributed by atoms with van der Waals surface area (Å²) in [5.74, 6) is -2.76. The van der Waals surface area contributed by atoms with Crippen molar-refractivity contribution in [1.29, 1.82) is 0 Å². The number of unbranched alkanes of at least 4 members (excludes halogenated alkanes) is 4. The highest BCUT2D eigenvalue weighted by atomic mass is 19.4. The third kappa shape index (κ3) is 29.5. The Morgan fingerprint density at radius 3 is 1.28 bits per heavy atom. The fourth-order valence-corrected chi connectivity index (χ4v) is 0.658. The van der Waals surface area contributed by atoms with E-state index in [1.807, 2.05) is 0 Å². The van der Waals surface area contributed by atoms with Crippen LogP contribution in [0.4, 0.5) is 13.2 Å². The van der Waals surface area contributed by atoms with E-state index in [0.29, 0.717) is 6.61 Å². The minimum atomic E-state index is -5.08. The monoisotopic (exact) mass is 274 g/mol. The highest BCUT2D eigenvalue weighted by Crippen LogP contribution is 2.13. The largest absolute Gasteiger partial charge is 0.490 e. The van der Waals surface area contributed by atoms with E-state index in [1.165, 1.54) is 25.7 Å². The molecule has 0 aliphatic heterocycles. The van der Waals surface area contributed by atoms with Gasteiger partial charge in [0, 0.05) is 6.61 Å². The number of aliphatic hydroxyl groups is 1. The highest BCUT2D eigenvalue weighted by molar-refractivity contribution is 5.73. The van der Waals surface area contributed by atoms with Gasteiger partial charge in [0.05, 0.1) is 0 Å². The van der Waals surface area contributed by atoms with E-state index in [0.717, 1.165) is 12.8 Å². The van der Waals surface area contributed by atoms with Gasteiger partial charge in [0.2, 0.25) is 0 Å². The third-order valence-corrected chi connectivity index (χ3v) is 1.71.